The molecule has 0 aliphatic rings. The Balaban J connectivity index is 0.941. The summed E-state index contributed by atoms with van der Waals surface area (Å²) in [5.74, 6) is 1.85. The summed E-state index contributed by atoms with van der Waals surface area (Å²) in [5.41, 5.74) is 14.7. The summed E-state index contributed by atoms with van der Waals surface area (Å²) in [6.07, 6.45) is 0. The molecule has 0 spiro atoms. The van der Waals surface area contributed by atoms with E-state index in [1.54, 1.807) is 0 Å². The van der Waals surface area contributed by atoms with Gasteiger partial charge in [0.15, 0.2) is 17.5 Å². The third kappa shape index (κ3) is 6.28. The molecule has 0 fully saturated rings. The molecule has 10 aromatic carbocycles. The number of para-hydroxylation sites is 2. The highest BCUT2D eigenvalue weighted by Gasteiger charge is 2.21. The summed E-state index contributed by atoms with van der Waals surface area (Å²) < 4.78 is 9.20. The molecule has 0 atom stereocenters. The minimum Gasteiger partial charge on any atom is -0.455 e. The first-order valence-electron chi connectivity index (χ1n) is 22.3. The molecule has 13 aromatic rings. The summed E-state index contributed by atoms with van der Waals surface area (Å²) in [6, 6.07) is 80.9. The maximum atomic E-state index is 6.81. The topological polar surface area (TPSA) is 56.7 Å². The van der Waals surface area contributed by atoms with Gasteiger partial charge in [0.2, 0.25) is 0 Å². The van der Waals surface area contributed by atoms with Gasteiger partial charge in [-0.2, -0.15) is 0 Å². The molecular formula is C61H38N4O. The average molecular weight is 843 g/mol. The first-order chi connectivity index (χ1) is 32.7. The zero-order valence-corrected chi connectivity index (χ0v) is 35.6. The number of furan rings is 1. The molecule has 0 N–H and O–H groups in total. The van der Waals surface area contributed by atoms with Gasteiger partial charge in [-0.15, -0.1) is 0 Å². The van der Waals surface area contributed by atoms with Crippen molar-refractivity contribution in [2.45, 2.75) is 0 Å². The maximum Gasteiger partial charge on any atom is 0.164 e. The van der Waals surface area contributed by atoms with E-state index in [1.807, 2.05) is 12.1 Å². The van der Waals surface area contributed by atoms with Crippen LogP contribution in [0.25, 0.3) is 128 Å². The lowest BCUT2D eigenvalue weighted by Crippen LogP contribution is -2.00. The molecule has 0 aliphatic carbocycles. The summed E-state index contributed by atoms with van der Waals surface area (Å²) >= 11 is 0. The monoisotopic (exact) mass is 842 g/mol. The van der Waals surface area contributed by atoms with Crippen LogP contribution in [0.3, 0.4) is 0 Å². The highest BCUT2D eigenvalue weighted by Crippen LogP contribution is 2.44. The Bertz CT molecular complexity index is 3790. The molecule has 0 amide bonds. The van der Waals surface area contributed by atoms with Gasteiger partial charge in [-0.25, -0.2) is 15.0 Å². The van der Waals surface area contributed by atoms with Crippen LogP contribution in [-0.4, -0.2) is 19.5 Å². The molecule has 0 radical (unpaired) electrons. The predicted molar refractivity (Wildman–Crippen MR) is 272 cm³/mol. The minimum atomic E-state index is 0.609. The van der Waals surface area contributed by atoms with Gasteiger partial charge in [0.05, 0.1) is 22.1 Å². The van der Waals surface area contributed by atoms with Crippen LogP contribution in [0.5, 0.6) is 0 Å². The van der Waals surface area contributed by atoms with Gasteiger partial charge < -0.3 is 8.98 Å². The largest absolute Gasteiger partial charge is 0.455 e. The predicted octanol–water partition coefficient (Wildman–Crippen LogP) is 16.0. The van der Waals surface area contributed by atoms with Crippen LogP contribution in [0.1, 0.15) is 0 Å². The second-order valence-electron chi connectivity index (χ2n) is 16.7. The van der Waals surface area contributed by atoms with E-state index in [1.165, 1.54) is 10.8 Å². The minimum absolute atomic E-state index is 0.609. The summed E-state index contributed by atoms with van der Waals surface area (Å²) in [6.45, 7) is 0. The molecule has 3 aromatic heterocycles. The first kappa shape index (κ1) is 37.6. The fourth-order valence-electron chi connectivity index (χ4n) is 9.68. The summed E-state index contributed by atoms with van der Waals surface area (Å²) in [7, 11) is 0. The van der Waals surface area contributed by atoms with Gasteiger partial charge in [0.25, 0.3) is 0 Å². The van der Waals surface area contributed by atoms with Gasteiger partial charge in [0, 0.05) is 38.2 Å². The van der Waals surface area contributed by atoms with Crippen LogP contribution in [0.4, 0.5) is 0 Å². The van der Waals surface area contributed by atoms with Crippen molar-refractivity contribution >= 4 is 54.5 Å². The van der Waals surface area contributed by atoms with Crippen molar-refractivity contribution in [3.8, 4) is 73.2 Å². The number of nitrogens with zero attached hydrogens (tertiary/aromatic N) is 4. The van der Waals surface area contributed by atoms with E-state index in [9.17, 15) is 0 Å². The lowest BCUT2D eigenvalue weighted by molar-refractivity contribution is 0.672. The van der Waals surface area contributed by atoms with Crippen molar-refractivity contribution in [2.75, 3.05) is 0 Å². The average Bonchev–Trinajstić information content (AvgIpc) is 3.95. The second kappa shape index (κ2) is 15.4. The number of hydrogen-bond acceptors (Lipinski definition) is 4. The van der Waals surface area contributed by atoms with Gasteiger partial charge in [-0.3, -0.25) is 0 Å². The van der Waals surface area contributed by atoms with Crippen LogP contribution in [0.15, 0.2) is 235 Å². The highest BCUT2D eigenvalue weighted by atomic mass is 16.3. The quantitative estimate of drug-likeness (QED) is 0.160. The number of rotatable bonds is 7. The maximum absolute atomic E-state index is 6.81. The molecule has 66 heavy (non-hydrogen) atoms. The van der Waals surface area contributed by atoms with E-state index >= 15 is 0 Å². The smallest absolute Gasteiger partial charge is 0.164 e. The molecule has 0 saturated carbocycles. The lowest BCUT2D eigenvalue weighted by atomic mass is 9.94. The zero-order chi connectivity index (χ0) is 43.6. The Morgan fingerprint density at radius 1 is 0.303 bits per heavy atom. The highest BCUT2D eigenvalue weighted by molar-refractivity contribution is 6.22. The molecular weight excluding hydrogens is 805 g/mol. The van der Waals surface area contributed by atoms with E-state index in [2.05, 4.69) is 223 Å². The third-order valence-corrected chi connectivity index (χ3v) is 12.9. The van der Waals surface area contributed by atoms with Crippen LogP contribution in [0, 0.1) is 0 Å². The van der Waals surface area contributed by atoms with E-state index in [-0.39, 0.29) is 0 Å². The number of benzene rings is 10. The summed E-state index contributed by atoms with van der Waals surface area (Å²) in [5, 5.41) is 6.80. The van der Waals surface area contributed by atoms with E-state index in [0.29, 0.717) is 17.5 Å². The normalized spacial score (nSPS) is 11.6. The Morgan fingerprint density at radius 2 is 0.712 bits per heavy atom. The van der Waals surface area contributed by atoms with Crippen molar-refractivity contribution in [1.82, 2.24) is 19.5 Å². The van der Waals surface area contributed by atoms with Gasteiger partial charge in [-0.05, 0) is 69.1 Å². The van der Waals surface area contributed by atoms with Crippen LogP contribution >= 0.6 is 0 Å². The van der Waals surface area contributed by atoms with Crippen molar-refractivity contribution in [3.63, 3.8) is 0 Å². The van der Waals surface area contributed by atoms with Crippen molar-refractivity contribution in [2.24, 2.45) is 0 Å². The zero-order valence-electron chi connectivity index (χ0n) is 35.6. The fourth-order valence-corrected chi connectivity index (χ4v) is 9.68. The Labute approximate surface area is 380 Å². The molecule has 3 heterocycles. The number of hydrogen-bond donors (Lipinski definition) is 0. The van der Waals surface area contributed by atoms with Gasteiger partial charge in [0.1, 0.15) is 11.2 Å². The standard InChI is InChI=1S/C61H38N4O/c1-3-14-39(15-4-1)41-26-32-44(33-27-41)59-62-60(45-34-28-42(29-35-45)40-16-5-2-6-17-40)64-61(63-59)46-36-30-43(31-37-46)51-38-52-57-55(24-13-25-56(57)66-58(52)50-21-8-7-18-47(50)51)65-53-22-11-9-19-48(53)49-20-10-12-23-54(49)65/h1-38H. The first-order valence-corrected chi connectivity index (χ1v) is 22.3. The van der Waals surface area contributed by atoms with Crippen LogP contribution in [-0.2, 0) is 0 Å². The number of fused-ring (bicyclic) bond motifs is 8. The molecule has 5 nitrogen and oxygen atoms in total. The molecule has 5 heteroatoms. The number of aromatic nitrogens is 4. The lowest BCUT2D eigenvalue weighted by Gasteiger charge is -2.12. The van der Waals surface area contributed by atoms with Crippen molar-refractivity contribution < 1.29 is 4.42 Å². The van der Waals surface area contributed by atoms with Crippen molar-refractivity contribution in [1.29, 1.82) is 0 Å². The SMILES string of the molecule is c1ccc(-c2ccc(-c3nc(-c4ccc(-c5ccccc5)cc4)nc(-c4ccc(-c5cc6c(oc7cccc(-n8c9ccccc9c9ccccc98)c76)c6ccccc56)cc4)n3)cc2)cc1. The van der Waals surface area contributed by atoms with E-state index < -0.39 is 0 Å². The Morgan fingerprint density at radius 3 is 1.23 bits per heavy atom. The Hall–Kier alpha value is -8.93. The van der Waals surface area contributed by atoms with Gasteiger partial charge in [-0.1, -0.05) is 200 Å². The molecule has 0 unspecified atom stereocenters. The van der Waals surface area contributed by atoms with E-state index in [0.717, 1.165) is 99.5 Å². The van der Waals surface area contributed by atoms with Crippen LogP contribution in [0.2, 0.25) is 0 Å². The van der Waals surface area contributed by atoms with Gasteiger partial charge >= 0.3 is 0 Å². The van der Waals surface area contributed by atoms with Crippen molar-refractivity contribution in [3.05, 3.63) is 231 Å². The molecule has 0 saturated heterocycles. The Kier molecular flexibility index (Phi) is 8.78. The summed E-state index contributed by atoms with van der Waals surface area (Å²) in [4.78, 5) is 15.3. The third-order valence-electron chi connectivity index (χ3n) is 12.9. The fraction of sp³-hybridized carbons (Fsp3) is 0. The molecule has 308 valence electrons. The molecule has 0 aliphatic heterocycles. The van der Waals surface area contributed by atoms with E-state index in [4.69, 9.17) is 19.4 Å². The van der Waals surface area contributed by atoms with Crippen LogP contribution < -0.4 is 0 Å². The molecule has 0 bridgehead atoms. The molecule has 13 rings (SSSR count). The second-order valence-corrected chi connectivity index (χ2v) is 16.7.